The second-order valence-electron chi connectivity index (χ2n) is 18.3. The number of thiophene rings is 1. The summed E-state index contributed by atoms with van der Waals surface area (Å²) in [6.07, 6.45) is 0. The SMILES string of the molecule is N#Cc1c(-c2ccccc2)nc(-c2ccc(-n3c4ccc(-c5ccc6sc7ccccc7c6c5)cc4c4cc5c6ccccc6n(-c6ccccc6)c5cc43)c3oc4ccccc4c23)nc1-c1ccccc1. The van der Waals surface area contributed by atoms with Crippen molar-refractivity contribution < 1.29 is 4.42 Å². The molecule has 10 aromatic carbocycles. The van der Waals surface area contributed by atoms with Crippen LogP contribution in [0.25, 0.3) is 142 Å². The Labute approximate surface area is 416 Å². The van der Waals surface area contributed by atoms with Crippen molar-refractivity contribution in [1.29, 1.82) is 5.26 Å². The van der Waals surface area contributed by atoms with Crippen molar-refractivity contribution in [2.45, 2.75) is 0 Å². The number of para-hydroxylation sites is 3. The highest BCUT2D eigenvalue weighted by Crippen LogP contribution is 2.46. The quantitative estimate of drug-likeness (QED) is 0.166. The highest BCUT2D eigenvalue weighted by atomic mass is 32.1. The van der Waals surface area contributed by atoms with Gasteiger partial charge in [0, 0.05) is 74.9 Å². The third-order valence-electron chi connectivity index (χ3n) is 14.4. The lowest BCUT2D eigenvalue weighted by atomic mass is 9.99. The molecule has 0 atom stereocenters. The van der Waals surface area contributed by atoms with Crippen molar-refractivity contribution in [3.63, 3.8) is 0 Å². The number of hydrogen-bond donors (Lipinski definition) is 0. The molecule has 0 bridgehead atoms. The van der Waals surface area contributed by atoms with E-state index in [1.807, 2.05) is 84.1 Å². The van der Waals surface area contributed by atoms with Crippen molar-refractivity contribution in [3.8, 4) is 62.5 Å². The minimum Gasteiger partial charge on any atom is -0.454 e. The zero-order valence-electron chi connectivity index (χ0n) is 38.4. The van der Waals surface area contributed by atoms with Crippen molar-refractivity contribution in [1.82, 2.24) is 19.1 Å². The number of furan rings is 1. The number of nitrogens with zero attached hydrogens (tertiary/aromatic N) is 5. The van der Waals surface area contributed by atoms with Gasteiger partial charge in [-0.25, -0.2) is 9.97 Å². The lowest BCUT2D eigenvalue weighted by molar-refractivity contribution is 0.666. The maximum atomic E-state index is 10.8. The van der Waals surface area contributed by atoms with Gasteiger partial charge >= 0.3 is 0 Å². The molecule has 0 aliphatic rings. The van der Waals surface area contributed by atoms with Crippen molar-refractivity contribution in [2.24, 2.45) is 0 Å². The monoisotopic (exact) mass is 935 g/mol. The summed E-state index contributed by atoms with van der Waals surface area (Å²) in [6.45, 7) is 0. The Bertz CT molecular complexity index is 4690. The van der Waals surface area contributed by atoms with E-state index in [0.29, 0.717) is 28.4 Å². The molecule has 0 radical (unpaired) electrons. The normalized spacial score (nSPS) is 11.9. The molecule has 15 rings (SSSR count). The van der Waals surface area contributed by atoms with Crippen LogP contribution in [0, 0.1) is 11.3 Å². The molecule has 0 spiro atoms. The Balaban J connectivity index is 1.04. The summed E-state index contributed by atoms with van der Waals surface area (Å²) >= 11 is 1.84. The van der Waals surface area contributed by atoms with Gasteiger partial charge in [0.15, 0.2) is 11.4 Å². The number of benzene rings is 10. The molecular formula is C65H37N5OS. The van der Waals surface area contributed by atoms with Gasteiger partial charge in [0.1, 0.15) is 17.2 Å². The van der Waals surface area contributed by atoms with E-state index < -0.39 is 0 Å². The fraction of sp³-hybridized carbons (Fsp3) is 0. The molecule has 5 aromatic heterocycles. The molecule has 0 aliphatic carbocycles. The summed E-state index contributed by atoms with van der Waals surface area (Å²) in [5.74, 6) is 0.506. The van der Waals surface area contributed by atoms with Crippen LogP contribution in [0.5, 0.6) is 0 Å². The van der Waals surface area contributed by atoms with Crippen LogP contribution in [0.4, 0.5) is 0 Å². The first-order chi connectivity index (χ1) is 35.7. The summed E-state index contributed by atoms with van der Waals surface area (Å²) in [4.78, 5) is 10.6. The van der Waals surface area contributed by atoms with E-state index in [9.17, 15) is 5.26 Å². The number of nitriles is 1. The van der Waals surface area contributed by atoms with E-state index >= 15 is 0 Å². The third-order valence-corrected chi connectivity index (χ3v) is 15.5. The Morgan fingerprint density at radius 2 is 0.986 bits per heavy atom. The molecule has 6 nitrogen and oxygen atoms in total. The zero-order chi connectivity index (χ0) is 47.4. The third kappa shape index (κ3) is 6.00. The molecule has 0 fully saturated rings. The molecular weight excluding hydrogens is 899 g/mol. The fourth-order valence-electron chi connectivity index (χ4n) is 11.2. The summed E-state index contributed by atoms with van der Waals surface area (Å²) in [7, 11) is 0. The second kappa shape index (κ2) is 15.7. The molecule has 0 amide bonds. The Morgan fingerprint density at radius 3 is 1.74 bits per heavy atom. The van der Waals surface area contributed by atoms with Crippen molar-refractivity contribution in [3.05, 3.63) is 230 Å². The van der Waals surface area contributed by atoms with Crippen molar-refractivity contribution >= 4 is 97.1 Å². The topological polar surface area (TPSA) is 72.6 Å². The first-order valence-corrected chi connectivity index (χ1v) is 24.8. The number of rotatable bonds is 6. The number of aromatic nitrogens is 4. The Kier molecular flexibility index (Phi) is 8.79. The van der Waals surface area contributed by atoms with Crippen LogP contribution in [0.15, 0.2) is 229 Å². The molecule has 72 heavy (non-hydrogen) atoms. The minimum atomic E-state index is 0.425. The molecule has 0 unspecified atom stereocenters. The molecule has 0 aliphatic heterocycles. The van der Waals surface area contributed by atoms with E-state index in [0.717, 1.165) is 82.8 Å². The van der Waals surface area contributed by atoms with Crippen LogP contribution in [0.2, 0.25) is 0 Å². The highest BCUT2D eigenvalue weighted by molar-refractivity contribution is 7.25. The van der Waals surface area contributed by atoms with Crippen LogP contribution in [0.3, 0.4) is 0 Å². The first-order valence-electron chi connectivity index (χ1n) is 24.0. The van der Waals surface area contributed by atoms with Gasteiger partial charge in [-0.3, -0.25) is 0 Å². The predicted octanol–water partition coefficient (Wildman–Crippen LogP) is 17.5. The lowest BCUT2D eigenvalue weighted by Crippen LogP contribution is -2.02. The van der Waals surface area contributed by atoms with Gasteiger partial charge in [-0.2, -0.15) is 5.26 Å². The van der Waals surface area contributed by atoms with Gasteiger partial charge in [0.2, 0.25) is 0 Å². The van der Waals surface area contributed by atoms with Gasteiger partial charge in [0.25, 0.3) is 0 Å². The fourth-order valence-corrected chi connectivity index (χ4v) is 12.2. The summed E-state index contributed by atoms with van der Waals surface area (Å²) < 4.78 is 14.4. The lowest BCUT2D eigenvalue weighted by Gasteiger charge is -2.14. The van der Waals surface area contributed by atoms with Crippen molar-refractivity contribution in [2.75, 3.05) is 0 Å². The largest absolute Gasteiger partial charge is 0.454 e. The summed E-state index contributed by atoms with van der Waals surface area (Å²) in [6, 6.07) is 81.4. The summed E-state index contributed by atoms with van der Waals surface area (Å²) in [5.41, 5.74) is 14.2. The van der Waals surface area contributed by atoms with Crippen LogP contribution >= 0.6 is 11.3 Å². The number of fused-ring (bicyclic) bond motifs is 12. The van der Waals surface area contributed by atoms with Crippen LogP contribution in [-0.2, 0) is 0 Å². The van der Waals surface area contributed by atoms with Crippen LogP contribution in [-0.4, -0.2) is 19.1 Å². The Morgan fingerprint density at radius 1 is 0.417 bits per heavy atom. The van der Waals surface area contributed by atoms with E-state index in [-0.39, 0.29) is 0 Å². The minimum absolute atomic E-state index is 0.425. The molecule has 15 aromatic rings. The maximum absolute atomic E-state index is 10.8. The average molecular weight is 936 g/mol. The van der Waals surface area contributed by atoms with E-state index in [4.69, 9.17) is 14.4 Å². The molecule has 334 valence electrons. The van der Waals surface area contributed by atoms with Crippen LogP contribution < -0.4 is 0 Å². The van der Waals surface area contributed by atoms with E-state index in [2.05, 4.69) is 167 Å². The van der Waals surface area contributed by atoms with Gasteiger partial charge in [-0.05, 0) is 90.0 Å². The van der Waals surface area contributed by atoms with Gasteiger partial charge in [0.05, 0.1) is 39.1 Å². The van der Waals surface area contributed by atoms with Gasteiger partial charge < -0.3 is 13.6 Å². The van der Waals surface area contributed by atoms with Gasteiger partial charge in [-0.15, -0.1) is 11.3 Å². The smallest absolute Gasteiger partial charge is 0.161 e. The highest BCUT2D eigenvalue weighted by Gasteiger charge is 2.26. The van der Waals surface area contributed by atoms with Crippen LogP contribution in [0.1, 0.15) is 5.56 Å². The van der Waals surface area contributed by atoms with Gasteiger partial charge in [-0.1, -0.05) is 146 Å². The average Bonchev–Trinajstić information content (AvgIpc) is 4.20. The second-order valence-corrected chi connectivity index (χ2v) is 19.4. The zero-order valence-corrected chi connectivity index (χ0v) is 39.2. The number of hydrogen-bond acceptors (Lipinski definition) is 5. The predicted molar refractivity (Wildman–Crippen MR) is 297 cm³/mol. The maximum Gasteiger partial charge on any atom is 0.161 e. The molecule has 7 heteroatoms. The van der Waals surface area contributed by atoms with E-state index in [1.54, 1.807) is 0 Å². The molecule has 0 saturated carbocycles. The molecule has 5 heterocycles. The molecule has 0 N–H and O–H groups in total. The first kappa shape index (κ1) is 40.3. The molecule has 0 saturated heterocycles. The standard InChI is InChI=1S/C65H37N5OS/c66-38-52-62(39-16-4-1-5-17-39)67-65(68-63(52)40-18-6-2-7-19-40)47-30-32-55(64-61(47)46-24-11-14-26-58(46)71-64)70-54-31-28-41(42-29-33-60-51(35-42)45-23-12-15-27-59(45)72-60)34-48(54)50-36-49-44-22-10-13-25-53(44)69(56(49)37-57(50)70)43-20-8-3-9-21-43/h1-37H. The Hall–Kier alpha value is -9.61. The summed E-state index contributed by atoms with van der Waals surface area (Å²) in [5, 5.41) is 19.8. The van der Waals surface area contributed by atoms with E-state index in [1.165, 1.54) is 36.5 Å².